The molecule has 4 rings (SSSR count). The predicted octanol–water partition coefficient (Wildman–Crippen LogP) is 2.78. The SMILES string of the molecule is CN(C)S(=O)(=O)c1ccc(CNC(=O)Cn2c3ccccc3c(=O)c3ccccc32)s1. The van der Waals surface area contributed by atoms with Crippen LogP contribution in [0.3, 0.4) is 0 Å². The molecule has 1 amide bonds. The summed E-state index contributed by atoms with van der Waals surface area (Å²) in [6, 6.07) is 17.7. The number of amides is 1. The number of nitrogens with zero attached hydrogens (tertiary/aromatic N) is 2. The third-order valence-electron chi connectivity index (χ3n) is 5.01. The smallest absolute Gasteiger partial charge is 0.252 e. The van der Waals surface area contributed by atoms with Crippen LogP contribution in [0.1, 0.15) is 4.88 Å². The number of aromatic nitrogens is 1. The lowest BCUT2D eigenvalue weighted by molar-refractivity contribution is -0.121. The van der Waals surface area contributed by atoms with Crippen LogP contribution in [0.5, 0.6) is 0 Å². The number of benzene rings is 2. The first kappa shape index (κ1) is 21.2. The minimum atomic E-state index is -3.49. The summed E-state index contributed by atoms with van der Waals surface area (Å²) in [6.07, 6.45) is 0. The molecule has 0 aliphatic carbocycles. The van der Waals surface area contributed by atoms with Gasteiger partial charge in [-0.15, -0.1) is 11.3 Å². The minimum Gasteiger partial charge on any atom is -0.350 e. The van der Waals surface area contributed by atoms with Gasteiger partial charge in [0.2, 0.25) is 5.91 Å². The number of hydrogen-bond acceptors (Lipinski definition) is 5. The molecule has 2 aromatic carbocycles. The van der Waals surface area contributed by atoms with E-state index < -0.39 is 10.0 Å². The van der Waals surface area contributed by atoms with Crippen molar-refractivity contribution in [3.05, 3.63) is 75.8 Å². The van der Waals surface area contributed by atoms with Gasteiger partial charge in [-0.3, -0.25) is 9.59 Å². The highest BCUT2D eigenvalue weighted by Crippen LogP contribution is 2.24. The van der Waals surface area contributed by atoms with Crippen molar-refractivity contribution in [2.75, 3.05) is 14.1 Å². The Kier molecular flexibility index (Phi) is 5.65. The van der Waals surface area contributed by atoms with Crippen molar-refractivity contribution in [1.29, 1.82) is 0 Å². The lowest BCUT2D eigenvalue weighted by Crippen LogP contribution is -2.28. The van der Waals surface area contributed by atoms with E-state index in [4.69, 9.17) is 0 Å². The fraction of sp³-hybridized carbons (Fsp3) is 0.182. The van der Waals surface area contributed by atoms with Gasteiger partial charge in [0.15, 0.2) is 5.43 Å². The van der Waals surface area contributed by atoms with Gasteiger partial charge >= 0.3 is 0 Å². The summed E-state index contributed by atoms with van der Waals surface area (Å²) in [5, 5.41) is 3.97. The molecular weight excluding hydrogens is 434 g/mol. The van der Waals surface area contributed by atoms with Gasteiger partial charge in [-0.1, -0.05) is 24.3 Å². The van der Waals surface area contributed by atoms with Crippen LogP contribution in [0.2, 0.25) is 0 Å². The molecule has 2 aromatic heterocycles. The summed E-state index contributed by atoms with van der Waals surface area (Å²) < 4.78 is 27.7. The maximum Gasteiger partial charge on any atom is 0.252 e. The van der Waals surface area contributed by atoms with Crippen molar-refractivity contribution < 1.29 is 13.2 Å². The van der Waals surface area contributed by atoms with Gasteiger partial charge < -0.3 is 9.88 Å². The van der Waals surface area contributed by atoms with Crippen LogP contribution in [-0.4, -0.2) is 37.3 Å². The number of hydrogen-bond donors (Lipinski definition) is 1. The number of thiophene rings is 1. The van der Waals surface area contributed by atoms with Crippen molar-refractivity contribution in [1.82, 2.24) is 14.2 Å². The van der Waals surface area contributed by atoms with E-state index in [0.717, 1.165) is 20.5 Å². The van der Waals surface area contributed by atoms with Crippen LogP contribution in [0.25, 0.3) is 21.8 Å². The zero-order chi connectivity index (χ0) is 22.2. The Bertz CT molecular complexity index is 1390. The van der Waals surface area contributed by atoms with Crippen molar-refractivity contribution >= 4 is 49.1 Å². The molecular formula is C22H21N3O4S2. The predicted molar refractivity (Wildman–Crippen MR) is 123 cm³/mol. The Hall–Kier alpha value is -3.01. The first-order valence-electron chi connectivity index (χ1n) is 9.57. The average molecular weight is 456 g/mol. The Morgan fingerprint density at radius 3 is 2.13 bits per heavy atom. The highest BCUT2D eigenvalue weighted by Gasteiger charge is 2.19. The second kappa shape index (κ2) is 8.26. The molecule has 0 fully saturated rings. The Morgan fingerprint density at radius 1 is 0.968 bits per heavy atom. The third-order valence-corrected chi connectivity index (χ3v) is 8.38. The Balaban J connectivity index is 1.59. The molecule has 7 nitrogen and oxygen atoms in total. The standard InChI is InChI=1S/C22H21N3O4S2/c1-24(2)31(28,29)21-12-11-15(30-21)13-23-20(26)14-25-18-9-5-3-7-16(18)22(27)17-8-4-6-10-19(17)25/h3-12H,13-14H2,1-2H3,(H,23,26). The van der Waals surface area contributed by atoms with E-state index in [1.807, 2.05) is 28.8 Å². The molecule has 31 heavy (non-hydrogen) atoms. The molecule has 0 aliphatic heterocycles. The third kappa shape index (κ3) is 3.99. The van der Waals surface area contributed by atoms with Crippen LogP contribution in [-0.2, 0) is 27.9 Å². The summed E-state index contributed by atoms with van der Waals surface area (Å²) in [6.45, 7) is 0.262. The minimum absolute atomic E-state index is 0.0372. The largest absolute Gasteiger partial charge is 0.350 e. The zero-order valence-corrected chi connectivity index (χ0v) is 18.7. The molecule has 0 spiro atoms. The van der Waals surface area contributed by atoms with E-state index in [1.165, 1.54) is 14.1 Å². The average Bonchev–Trinajstić information content (AvgIpc) is 3.25. The van der Waals surface area contributed by atoms with Crippen LogP contribution in [0.4, 0.5) is 0 Å². The quantitative estimate of drug-likeness (QED) is 0.453. The van der Waals surface area contributed by atoms with Crippen LogP contribution < -0.4 is 10.7 Å². The van der Waals surface area contributed by atoms with Crippen molar-refractivity contribution in [2.24, 2.45) is 0 Å². The topological polar surface area (TPSA) is 88.5 Å². The maximum absolute atomic E-state index is 12.8. The number of pyridine rings is 1. The Morgan fingerprint density at radius 2 is 1.55 bits per heavy atom. The van der Waals surface area contributed by atoms with Gasteiger partial charge in [-0.2, -0.15) is 0 Å². The van der Waals surface area contributed by atoms with Gasteiger partial charge in [0.1, 0.15) is 10.8 Å². The van der Waals surface area contributed by atoms with Crippen LogP contribution in [0.15, 0.2) is 69.7 Å². The van der Waals surface area contributed by atoms with Gasteiger partial charge in [0.25, 0.3) is 10.0 Å². The van der Waals surface area contributed by atoms with Crippen molar-refractivity contribution in [2.45, 2.75) is 17.3 Å². The normalized spacial score (nSPS) is 12.0. The second-order valence-corrected chi connectivity index (χ2v) is 10.8. The summed E-state index contributed by atoms with van der Waals surface area (Å²) in [4.78, 5) is 26.3. The lowest BCUT2D eigenvalue weighted by Gasteiger charge is -2.15. The summed E-state index contributed by atoms with van der Waals surface area (Å²) >= 11 is 1.13. The van der Waals surface area contributed by atoms with E-state index in [9.17, 15) is 18.0 Å². The maximum atomic E-state index is 12.8. The molecule has 160 valence electrons. The van der Waals surface area contributed by atoms with E-state index in [-0.39, 0.29) is 28.6 Å². The number of para-hydroxylation sites is 2. The lowest BCUT2D eigenvalue weighted by atomic mass is 10.1. The molecule has 0 aliphatic rings. The number of carbonyl (C=O) groups is 1. The molecule has 4 aromatic rings. The first-order chi connectivity index (χ1) is 14.8. The Labute approximate surface area is 183 Å². The van der Waals surface area contributed by atoms with Gasteiger partial charge in [-0.25, -0.2) is 12.7 Å². The molecule has 0 unspecified atom stereocenters. The molecule has 0 atom stereocenters. The number of nitrogens with one attached hydrogen (secondary N) is 1. The molecule has 2 heterocycles. The molecule has 0 radical (unpaired) electrons. The molecule has 0 saturated heterocycles. The fourth-order valence-electron chi connectivity index (χ4n) is 3.40. The second-order valence-electron chi connectivity index (χ2n) is 7.23. The highest BCUT2D eigenvalue weighted by atomic mass is 32.2. The number of rotatable bonds is 6. The van der Waals surface area contributed by atoms with Gasteiger partial charge in [0, 0.05) is 29.7 Å². The van der Waals surface area contributed by atoms with E-state index in [1.54, 1.807) is 36.4 Å². The number of fused-ring (bicyclic) bond motifs is 2. The van der Waals surface area contributed by atoms with E-state index in [2.05, 4.69) is 5.32 Å². The van der Waals surface area contributed by atoms with E-state index >= 15 is 0 Å². The number of carbonyl (C=O) groups excluding carboxylic acids is 1. The van der Waals surface area contributed by atoms with Crippen LogP contribution >= 0.6 is 11.3 Å². The summed E-state index contributed by atoms with van der Waals surface area (Å²) in [5.41, 5.74) is 1.32. The van der Waals surface area contributed by atoms with Gasteiger partial charge in [0.05, 0.1) is 17.6 Å². The van der Waals surface area contributed by atoms with E-state index in [0.29, 0.717) is 21.8 Å². The number of sulfonamides is 1. The molecule has 9 heteroatoms. The van der Waals surface area contributed by atoms with Crippen molar-refractivity contribution in [3.8, 4) is 0 Å². The molecule has 1 N–H and O–H groups in total. The monoisotopic (exact) mass is 455 g/mol. The molecule has 0 bridgehead atoms. The summed E-state index contributed by atoms with van der Waals surface area (Å²) in [7, 11) is -0.527. The molecule has 0 saturated carbocycles. The zero-order valence-electron chi connectivity index (χ0n) is 17.0. The fourth-order valence-corrected chi connectivity index (χ4v) is 5.87. The highest BCUT2D eigenvalue weighted by molar-refractivity contribution is 7.91. The first-order valence-corrected chi connectivity index (χ1v) is 11.8. The van der Waals surface area contributed by atoms with Crippen LogP contribution in [0, 0.1) is 0 Å². The summed E-state index contributed by atoms with van der Waals surface area (Å²) in [5.74, 6) is -0.232. The van der Waals surface area contributed by atoms with Crippen molar-refractivity contribution in [3.63, 3.8) is 0 Å². The van der Waals surface area contributed by atoms with Gasteiger partial charge in [-0.05, 0) is 36.4 Å².